The van der Waals surface area contributed by atoms with E-state index in [1.54, 1.807) is 26.4 Å². The number of carbonyl (C=O) groups excluding carboxylic acids is 1. The topological polar surface area (TPSA) is 108 Å². The lowest BCUT2D eigenvalue weighted by molar-refractivity contribution is 0.0931. The van der Waals surface area contributed by atoms with Crippen LogP contribution in [0.4, 0.5) is 0 Å². The van der Waals surface area contributed by atoms with Gasteiger partial charge in [-0.05, 0) is 50.8 Å². The van der Waals surface area contributed by atoms with E-state index in [4.69, 9.17) is 14.7 Å². The molecule has 0 spiro atoms. The molecule has 2 aromatic carbocycles. The van der Waals surface area contributed by atoms with Crippen molar-refractivity contribution >= 4 is 11.9 Å². The summed E-state index contributed by atoms with van der Waals surface area (Å²) in [6.45, 7) is 3.12. The lowest BCUT2D eigenvalue weighted by Crippen LogP contribution is -2.49. The highest BCUT2D eigenvalue weighted by atomic mass is 16.5. The molecule has 0 aliphatic heterocycles. The highest BCUT2D eigenvalue weighted by Crippen LogP contribution is 2.43. The Hall–Kier alpha value is -3.73. The summed E-state index contributed by atoms with van der Waals surface area (Å²) in [5.41, 5.74) is 1.32. The molecule has 1 saturated carbocycles. The quantitative estimate of drug-likeness (QED) is 0.315. The number of nitrogens with zero attached hydrogens (tertiary/aromatic N) is 2. The summed E-state index contributed by atoms with van der Waals surface area (Å²) in [7, 11) is 3.24. The number of nitrogens with one attached hydrogen (secondary N) is 3. The fourth-order valence-electron chi connectivity index (χ4n) is 4.65. The zero-order valence-electron chi connectivity index (χ0n) is 20.1. The van der Waals surface area contributed by atoms with E-state index in [2.05, 4.69) is 27.0 Å². The van der Waals surface area contributed by atoms with E-state index in [1.807, 2.05) is 43.4 Å². The van der Waals surface area contributed by atoms with Crippen LogP contribution in [0.2, 0.25) is 0 Å². The molecule has 0 aromatic heterocycles. The van der Waals surface area contributed by atoms with Gasteiger partial charge in [-0.1, -0.05) is 30.3 Å². The number of methoxy groups -OCH3 is 2. The Kier molecular flexibility index (Phi) is 8.74. The van der Waals surface area contributed by atoms with Crippen LogP contribution in [-0.2, 0) is 5.41 Å². The van der Waals surface area contributed by atoms with Crippen LogP contribution in [0, 0.1) is 11.5 Å². The molecule has 34 heavy (non-hydrogen) atoms. The molecule has 0 saturated heterocycles. The molecule has 0 heterocycles. The molecule has 1 aliphatic rings. The third kappa shape index (κ3) is 5.79. The van der Waals surface area contributed by atoms with E-state index >= 15 is 0 Å². The lowest BCUT2D eigenvalue weighted by atomic mass is 9.67. The van der Waals surface area contributed by atoms with E-state index < -0.39 is 0 Å². The zero-order valence-corrected chi connectivity index (χ0v) is 20.1. The van der Waals surface area contributed by atoms with E-state index in [0.717, 1.165) is 37.0 Å². The number of rotatable bonds is 8. The molecule has 0 atom stereocenters. The Morgan fingerprint density at radius 1 is 1.06 bits per heavy atom. The molecule has 1 fully saturated rings. The summed E-state index contributed by atoms with van der Waals surface area (Å²) in [6.07, 6.45) is 5.24. The number of hydrogen-bond acceptors (Lipinski definition) is 5. The second-order valence-corrected chi connectivity index (χ2v) is 8.37. The van der Waals surface area contributed by atoms with Gasteiger partial charge in [-0.2, -0.15) is 5.26 Å². The molecular weight excluding hydrogens is 430 g/mol. The van der Waals surface area contributed by atoms with Crippen LogP contribution in [-0.4, -0.2) is 45.2 Å². The Bertz CT molecular complexity index is 1040. The maximum atomic E-state index is 13.1. The average Bonchev–Trinajstić information content (AvgIpc) is 2.88. The largest absolute Gasteiger partial charge is 0.496 e. The van der Waals surface area contributed by atoms with Crippen molar-refractivity contribution in [3.63, 3.8) is 0 Å². The summed E-state index contributed by atoms with van der Waals surface area (Å²) >= 11 is 0. The van der Waals surface area contributed by atoms with Crippen LogP contribution in [0.15, 0.2) is 53.5 Å². The Labute approximate surface area is 201 Å². The number of ether oxygens (including phenoxy) is 2. The second-order valence-electron chi connectivity index (χ2n) is 8.37. The van der Waals surface area contributed by atoms with Gasteiger partial charge in [-0.3, -0.25) is 4.79 Å². The first kappa shape index (κ1) is 24.9. The van der Waals surface area contributed by atoms with Gasteiger partial charge in [-0.25, -0.2) is 0 Å². The minimum Gasteiger partial charge on any atom is -0.496 e. The zero-order chi connectivity index (χ0) is 24.4. The van der Waals surface area contributed by atoms with Crippen molar-refractivity contribution in [2.24, 2.45) is 4.99 Å². The number of carbonyl (C=O) groups is 1. The second kappa shape index (κ2) is 11.9. The molecule has 8 heteroatoms. The highest BCUT2D eigenvalue weighted by molar-refractivity contribution is 5.97. The van der Waals surface area contributed by atoms with Crippen molar-refractivity contribution in [1.29, 1.82) is 5.26 Å². The van der Waals surface area contributed by atoms with Crippen molar-refractivity contribution in [3.05, 3.63) is 59.7 Å². The minimum absolute atomic E-state index is 0.164. The molecular formula is C26H33N5O3. The first-order chi connectivity index (χ1) is 16.6. The van der Waals surface area contributed by atoms with Crippen molar-refractivity contribution in [2.75, 3.05) is 27.3 Å². The van der Waals surface area contributed by atoms with Crippen LogP contribution in [0.5, 0.6) is 11.5 Å². The summed E-state index contributed by atoms with van der Waals surface area (Å²) < 4.78 is 11.1. The number of nitriles is 1. The van der Waals surface area contributed by atoms with Gasteiger partial charge in [0.2, 0.25) is 12.2 Å². The third-order valence-corrected chi connectivity index (χ3v) is 6.41. The normalized spacial score (nSPS) is 20.1. The third-order valence-electron chi connectivity index (χ3n) is 6.41. The molecule has 3 rings (SSSR count). The van der Waals surface area contributed by atoms with Crippen LogP contribution in [0.3, 0.4) is 0 Å². The molecule has 1 amide bonds. The van der Waals surface area contributed by atoms with E-state index in [0.29, 0.717) is 30.4 Å². The van der Waals surface area contributed by atoms with Crippen LogP contribution in [0.1, 0.15) is 48.5 Å². The smallest absolute Gasteiger partial charge is 0.255 e. The summed E-state index contributed by atoms with van der Waals surface area (Å²) in [6, 6.07) is 15.4. The molecule has 0 bridgehead atoms. The number of para-hydroxylation sites is 2. The van der Waals surface area contributed by atoms with Gasteiger partial charge in [0.1, 0.15) is 11.5 Å². The average molecular weight is 464 g/mol. The fraction of sp³-hybridized carbons (Fsp3) is 0.423. The van der Waals surface area contributed by atoms with Gasteiger partial charge in [-0.15, -0.1) is 4.99 Å². The molecule has 3 N–H and O–H groups in total. The number of benzene rings is 2. The molecule has 1 aliphatic carbocycles. The number of aliphatic imine (C=N–C) groups is 1. The van der Waals surface area contributed by atoms with Gasteiger partial charge in [0, 0.05) is 30.1 Å². The van der Waals surface area contributed by atoms with Crippen LogP contribution < -0.4 is 25.4 Å². The predicted molar refractivity (Wildman–Crippen MR) is 132 cm³/mol. The standard InChI is InChI=1S/C26H33N5O3/c1-4-28-25(30-18-27)31-19-13-15-26(16-14-19,21-10-6-8-12-23(21)34-3)17-29-24(32)20-9-5-7-11-22(20)33-2/h5-12,19H,4,13-17H2,1-3H3,(H,29,32)(H2,28,30,31)/t19-,26-. The summed E-state index contributed by atoms with van der Waals surface area (Å²) in [4.78, 5) is 16.9. The Morgan fingerprint density at radius 2 is 1.71 bits per heavy atom. The lowest BCUT2D eigenvalue weighted by Gasteiger charge is -2.42. The van der Waals surface area contributed by atoms with E-state index in [-0.39, 0.29) is 17.4 Å². The van der Waals surface area contributed by atoms with Crippen molar-refractivity contribution in [3.8, 4) is 17.7 Å². The summed E-state index contributed by atoms with van der Waals surface area (Å²) in [5, 5.41) is 18.6. The van der Waals surface area contributed by atoms with Gasteiger partial charge >= 0.3 is 0 Å². The maximum absolute atomic E-state index is 13.1. The first-order valence-corrected chi connectivity index (χ1v) is 11.6. The van der Waals surface area contributed by atoms with Gasteiger partial charge in [0.15, 0.2) is 0 Å². The Morgan fingerprint density at radius 3 is 2.35 bits per heavy atom. The number of amides is 1. The molecule has 180 valence electrons. The van der Waals surface area contributed by atoms with Crippen LogP contribution >= 0.6 is 0 Å². The van der Waals surface area contributed by atoms with Crippen LogP contribution in [0.25, 0.3) is 0 Å². The SMILES string of the molecule is CCN/C(=N\C#N)N[C@H]1CC[C@](CNC(=O)c2ccccc2OC)(c2ccccc2OC)CC1. The van der Waals surface area contributed by atoms with E-state index in [9.17, 15) is 4.79 Å². The fourth-order valence-corrected chi connectivity index (χ4v) is 4.65. The van der Waals surface area contributed by atoms with Gasteiger partial charge < -0.3 is 25.4 Å². The van der Waals surface area contributed by atoms with Crippen molar-refractivity contribution in [2.45, 2.75) is 44.1 Å². The maximum Gasteiger partial charge on any atom is 0.255 e. The van der Waals surface area contributed by atoms with E-state index in [1.165, 1.54) is 0 Å². The first-order valence-electron chi connectivity index (χ1n) is 11.6. The highest BCUT2D eigenvalue weighted by Gasteiger charge is 2.39. The molecule has 8 nitrogen and oxygen atoms in total. The molecule has 2 aromatic rings. The predicted octanol–water partition coefficient (Wildman–Crippen LogP) is 3.35. The molecule has 0 radical (unpaired) electrons. The van der Waals surface area contributed by atoms with Crippen molar-refractivity contribution < 1.29 is 14.3 Å². The van der Waals surface area contributed by atoms with Gasteiger partial charge in [0.25, 0.3) is 5.91 Å². The molecule has 0 unspecified atom stereocenters. The number of guanidine groups is 1. The number of hydrogen-bond donors (Lipinski definition) is 3. The van der Waals surface area contributed by atoms with Crippen molar-refractivity contribution in [1.82, 2.24) is 16.0 Å². The minimum atomic E-state index is -0.285. The Balaban J connectivity index is 1.81. The van der Waals surface area contributed by atoms with Gasteiger partial charge in [0.05, 0.1) is 19.8 Å². The monoisotopic (exact) mass is 463 g/mol. The summed E-state index contributed by atoms with van der Waals surface area (Å²) in [5.74, 6) is 1.71.